The van der Waals surface area contributed by atoms with Gasteiger partial charge >= 0.3 is 0 Å². The van der Waals surface area contributed by atoms with E-state index in [4.69, 9.17) is 9.97 Å². The normalized spacial score (nSPS) is 17.6. The molecule has 2 aliphatic heterocycles. The van der Waals surface area contributed by atoms with Crippen LogP contribution in [0.1, 0.15) is 40.2 Å². The Bertz CT molecular complexity index is 987. The van der Waals surface area contributed by atoms with Crippen molar-refractivity contribution in [2.24, 2.45) is 0 Å². The van der Waals surface area contributed by atoms with Gasteiger partial charge in [0.25, 0.3) is 0 Å². The molecular formula is C22H26N4S. The lowest BCUT2D eigenvalue weighted by Gasteiger charge is -2.30. The van der Waals surface area contributed by atoms with E-state index in [1.54, 1.807) is 0 Å². The molecule has 5 rings (SSSR count). The zero-order chi connectivity index (χ0) is 18.4. The molecule has 1 aromatic carbocycles. The van der Waals surface area contributed by atoms with E-state index < -0.39 is 0 Å². The van der Waals surface area contributed by atoms with Crippen molar-refractivity contribution in [3.8, 4) is 0 Å². The summed E-state index contributed by atoms with van der Waals surface area (Å²) in [5.41, 5.74) is 4.26. The summed E-state index contributed by atoms with van der Waals surface area (Å²) in [6, 6.07) is 8.83. The van der Waals surface area contributed by atoms with Crippen LogP contribution in [0.5, 0.6) is 0 Å². The number of hydrogen-bond acceptors (Lipinski definition) is 5. The Morgan fingerprint density at radius 3 is 2.59 bits per heavy atom. The fourth-order valence-electron chi connectivity index (χ4n) is 4.39. The average Bonchev–Trinajstić information content (AvgIpc) is 3.29. The van der Waals surface area contributed by atoms with Crippen LogP contribution in [0.15, 0.2) is 24.3 Å². The predicted octanol–water partition coefficient (Wildman–Crippen LogP) is 4.47. The van der Waals surface area contributed by atoms with Crippen LogP contribution < -0.4 is 4.90 Å². The Kier molecular flexibility index (Phi) is 4.37. The molecule has 0 aliphatic carbocycles. The highest BCUT2D eigenvalue weighted by Gasteiger charge is 2.24. The zero-order valence-electron chi connectivity index (χ0n) is 16.2. The van der Waals surface area contributed by atoms with Crippen molar-refractivity contribution in [3.63, 3.8) is 0 Å². The van der Waals surface area contributed by atoms with Gasteiger partial charge < -0.3 is 4.90 Å². The quantitative estimate of drug-likeness (QED) is 0.673. The summed E-state index contributed by atoms with van der Waals surface area (Å²) in [5.74, 6) is 2.13. The molecule has 3 aromatic rings. The first-order valence-electron chi connectivity index (χ1n) is 10.00. The molecule has 0 bridgehead atoms. The maximum Gasteiger partial charge on any atom is 0.146 e. The lowest BCUT2D eigenvalue weighted by Crippen LogP contribution is -2.31. The maximum atomic E-state index is 5.11. The third kappa shape index (κ3) is 3.13. The van der Waals surface area contributed by atoms with E-state index in [0.717, 1.165) is 42.5 Å². The molecule has 0 spiro atoms. The number of rotatable bonds is 3. The number of likely N-dealkylation sites (tertiary alicyclic amines) is 1. The molecule has 4 heterocycles. The SMILES string of the molecule is Cc1sc2nc(CN3CCCC3)nc(N3CCc4ccccc4C3)c2c1C. The molecular weight excluding hydrogens is 352 g/mol. The minimum atomic E-state index is 0.878. The van der Waals surface area contributed by atoms with Gasteiger partial charge in [-0.1, -0.05) is 24.3 Å². The van der Waals surface area contributed by atoms with Gasteiger partial charge in [-0.05, 0) is 62.9 Å². The van der Waals surface area contributed by atoms with Crippen molar-refractivity contribution in [2.75, 3.05) is 24.5 Å². The highest BCUT2D eigenvalue weighted by molar-refractivity contribution is 7.18. The van der Waals surface area contributed by atoms with E-state index in [0.29, 0.717) is 0 Å². The van der Waals surface area contributed by atoms with Gasteiger partial charge in [-0.3, -0.25) is 4.90 Å². The number of fused-ring (bicyclic) bond motifs is 2. The van der Waals surface area contributed by atoms with E-state index in [9.17, 15) is 0 Å². The second kappa shape index (κ2) is 6.88. The van der Waals surface area contributed by atoms with Crippen LogP contribution in [0.4, 0.5) is 5.82 Å². The fourth-order valence-corrected chi connectivity index (χ4v) is 5.43. The predicted molar refractivity (Wildman–Crippen MR) is 113 cm³/mol. The smallest absolute Gasteiger partial charge is 0.146 e. The third-order valence-corrected chi connectivity index (χ3v) is 7.15. The van der Waals surface area contributed by atoms with Crippen LogP contribution in [0, 0.1) is 13.8 Å². The van der Waals surface area contributed by atoms with E-state index in [1.165, 1.54) is 52.9 Å². The molecule has 0 atom stereocenters. The van der Waals surface area contributed by atoms with Gasteiger partial charge in [-0.2, -0.15) is 0 Å². The minimum absolute atomic E-state index is 0.878. The molecule has 0 unspecified atom stereocenters. The monoisotopic (exact) mass is 378 g/mol. The summed E-state index contributed by atoms with van der Waals surface area (Å²) in [6.45, 7) is 9.63. The molecule has 140 valence electrons. The van der Waals surface area contributed by atoms with Crippen LogP contribution in [0.2, 0.25) is 0 Å². The van der Waals surface area contributed by atoms with Gasteiger partial charge in [0, 0.05) is 18.0 Å². The topological polar surface area (TPSA) is 32.3 Å². The molecule has 5 heteroatoms. The maximum absolute atomic E-state index is 5.11. The van der Waals surface area contributed by atoms with Crippen molar-refractivity contribution < 1.29 is 0 Å². The molecule has 2 aromatic heterocycles. The number of thiophene rings is 1. The number of hydrogen-bond donors (Lipinski definition) is 0. The third-order valence-electron chi connectivity index (χ3n) is 6.05. The van der Waals surface area contributed by atoms with Gasteiger partial charge in [0.15, 0.2) is 0 Å². The molecule has 2 aliphatic rings. The number of anilines is 1. The second-order valence-electron chi connectivity index (χ2n) is 7.85. The summed E-state index contributed by atoms with van der Waals surface area (Å²) in [5, 5.41) is 1.27. The lowest BCUT2D eigenvalue weighted by atomic mass is 9.99. The largest absolute Gasteiger partial charge is 0.351 e. The molecule has 0 N–H and O–H groups in total. The summed E-state index contributed by atoms with van der Waals surface area (Å²) < 4.78 is 0. The highest BCUT2D eigenvalue weighted by atomic mass is 32.1. The Morgan fingerprint density at radius 1 is 1.00 bits per heavy atom. The minimum Gasteiger partial charge on any atom is -0.351 e. The molecule has 1 saturated heterocycles. The molecule has 0 saturated carbocycles. The first kappa shape index (κ1) is 17.1. The fraction of sp³-hybridized carbons (Fsp3) is 0.455. The van der Waals surface area contributed by atoms with Crippen LogP contribution in [0.3, 0.4) is 0 Å². The first-order chi connectivity index (χ1) is 13.2. The van der Waals surface area contributed by atoms with Gasteiger partial charge in [-0.25, -0.2) is 9.97 Å². The summed E-state index contributed by atoms with van der Waals surface area (Å²) >= 11 is 1.82. The lowest BCUT2D eigenvalue weighted by molar-refractivity contribution is 0.323. The van der Waals surface area contributed by atoms with Crippen LogP contribution >= 0.6 is 11.3 Å². The van der Waals surface area contributed by atoms with E-state index in [1.807, 2.05) is 11.3 Å². The van der Waals surface area contributed by atoms with Crippen molar-refractivity contribution in [2.45, 2.75) is 46.2 Å². The number of nitrogens with zero attached hydrogens (tertiary/aromatic N) is 4. The Balaban J connectivity index is 1.57. The molecule has 0 amide bonds. The van der Waals surface area contributed by atoms with Crippen LogP contribution in [-0.4, -0.2) is 34.5 Å². The molecule has 4 nitrogen and oxygen atoms in total. The average molecular weight is 379 g/mol. The van der Waals surface area contributed by atoms with Gasteiger partial charge in [-0.15, -0.1) is 11.3 Å². The van der Waals surface area contributed by atoms with Crippen LogP contribution in [0.25, 0.3) is 10.2 Å². The van der Waals surface area contributed by atoms with E-state index in [2.05, 4.69) is 47.9 Å². The van der Waals surface area contributed by atoms with Crippen molar-refractivity contribution in [1.82, 2.24) is 14.9 Å². The molecule has 1 fully saturated rings. The van der Waals surface area contributed by atoms with E-state index in [-0.39, 0.29) is 0 Å². The molecule has 0 radical (unpaired) electrons. The van der Waals surface area contributed by atoms with Gasteiger partial charge in [0.2, 0.25) is 0 Å². The Hall–Kier alpha value is -1.98. The summed E-state index contributed by atoms with van der Waals surface area (Å²) in [7, 11) is 0. The molecule has 27 heavy (non-hydrogen) atoms. The number of aromatic nitrogens is 2. The Morgan fingerprint density at radius 2 is 1.78 bits per heavy atom. The Labute approximate surface area is 164 Å². The van der Waals surface area contributed by atoms with Crippen molar-refractivity contribution >= 4 is 27.4 Å². The summed E-state index contributed by atoms with van der Waals surface area (Å²) in [4.78, 5) is 17.5. The van der Waals surface area contributed by atoms with Crippen molar-refractivity contribution in [1.29, 1.82) is 0 Å². The first-order valence-corrected chi connectivity index (χ1v) is 10.8. The number of aryl methyl sites for hydroxylation is 2. The van der Waals surface area contributed by atoms with Crippen LogP contribution in [-0.2, 0) is 19.5 Å². The van der Waals surface area contributed by atoms with Crippen molar-refractivity contribution in [3.05, 3.63) is 51.7 Å². The number of benzene rings is 1. The zero-order valence-corrected chi connectivity index (χ0v) is 17.0. The highest BCUT2D eigenvalue weighted by Crippen LogP contribution is 2.37. The second-order valence-corrected chi connectivity index (χ2v) is 9.05. The standard InChI is InChI=1S/C22H26N4S/c1-15-16(2)27-22-20(15)21(23-19(24-22)14-25-10-5-6-11-25)26-12-9-17-7-3-4-8-18(17)13-26/h3-4,7-8H,5-6,9-14H2,1-2H3. The van der Waals surface area contributed by atoms with E-state index >= 15 is 0 Å². The van der Waals surface area contributed by atoms with Gasteiger partial charge in [0.05, 0.1) is 11.9 Å². The van der Waals surface area contributed by atoms with Gasteiger partial charge in [0.1, 0.15) is 16.5 Å². The summed E-state index contributed by atoms with van der Waals surface area (Å²) in [6.07, 6.45) is 3.69.